The molecule has 15 heteroatoms. The molecule has 3 heterocycles. The molecule has 2 aliphatic heterocycles. The second kappa shape index (κ2) is 13.7. The number of benzene rings is 3. The highest BCUT2D eigenvalue weighted by Crippen LogP contribution is 2.49. The first kappa shape index (κ1) is 33.5. The van der Waals surface area contributed by atoms with Crippen molar-refractivity contribution in [2.45, 2.75) is 19.3 Å². The number of nitrogens with zero attached hydrogens (tertiary/aromatic N) is 2. The fourth-order valence-corrected chi connectivity index (χ4v) is 7.18. The number of fused-ring (bicyclic) bond motifs is 3. The average molecular weight is 709 g/mol. The summed E-state index contributed by atoms with van der Waals surface area (Å²) in [7, 11) is -2.94. The van der Waals surface area contributed by atoms with E-state index in [1.165, 1.54) is 42.6 Å². The van der Waals surface area contributed by atoms with Gasteiger partial charge < -0.3 is 34.5 Å². The number of amides is 2. The highest BCUT2D eigenvalue weighted by Gasteiger charge is 2.56. The molecule has 0 spiro atoms. The number of hydrogen-bond acceptors (Lipinski definition) is 10. The van der Waals surface area contributed by atoms with Gasteiger partial charge in [-0.3, -0.25) is 14.6 Å². The van der Waals surface area contributed by atoms with Crippen molar-refractivity contribution in [1.29, 1.82) is 0 Å². The molecule has 4 aromatic rings. The number of ether oxygens (including phenoxy) is 4. The van der Waals surface area contributed by atoms with Gasteiger partial charge in [0.15, 0.2) is 32.9 Å². The maximum absolute atomic E-state index is 15.4. The van der Waals surface area contributed by atoms with Crippen LogP contribution in [0.25, 0.3) is 10.9 Å². The lowest BCUT2D eigenvalue weighted by atomic mass is 10.0. The smallest absolute Gasteiger partial charge is 0.240 e. The number of aromatic nitrogens is 1. The lowest BCUT2D eigenvalue weighted by molar-refractivity contribution is -0.131. The molecule has 2 fully saturated rings. The molecule has 262 valence electrons. The minimum absolute atomic E-state index is 0.123. The van der Waals surface area contributed by atoms with Crippen molar-refractivity contribution in [3.05, 3.63) is 72.4 Å². The van der Waals surface area contributed by atoms with Crippen LogP contribution in [0.2, 0.25) is 0 Å². The molecule has 12 nitrogen and oxygen atoms in total. The van der Waals surface area contributed by atoms with Crippen LogP contribution >= 0.6 is 0 Å². The normalized spacial score (nSPS) is 17.5. The lowest BCUT2D eigenvalue weighted by Crippen LogP contribution is -2.40. The summed E-state index contributed by atoms with van der Waals surface area (Å²) in [6.45, 7) is 2.63. The molecule has 3 aliphatic rings. The topological polar surface area (TPSA) is 145 Å². The minimum Gasteiger partial charge on any atom is -0.489 e. The molecule has 0 radical (unpaired) electrons. The molecule has 2 amide bonds. The molecule has 0 bridgehead atoms. The van der Waals surface area contributed by atoms with Gasteiger partial charge in [-0.1, -0.05) is 0 Å². The number of nitrogens with one attached hydrogen (secondary N) is 2. The third-order valence-electron chi connectivity index (χ3n) is 8.89. The SMILES string of the molecule is O=C(Nc1ccc(F)cc1)C1(C(=O)Nc2ccc(Oc3ccnc4cc(OCCCN5CCS(=O)(=O)CC5)c5c(c34)OCCO5)c(F)c2)CC1. The van der Waals surface area contributed by atoms with Gasteiger partial charge in [0, 0.05) is 49.3 Å². The zero-order valence-electron chi connectivity index (χ0n) is 26.9. The Morgan fingerprint density at radius 1 is 0.860 bits per heavy atom. The monoisotopic (exact) mass is 708 g/mol. The van der Waals surface area contributed by atoms with Crippen molar-refractivity contribution >= 4 is 43.9 Å². The maximum Gasteiger partial charge on any atom is 0.240 e. The number of rotatable bonds is 11. The van der Waals surface area contributed by atoms with Gasteiger partial charge in [-0.05, 0) is 61.7 Å². The van der Waals surface area contributed by atoms with E-state index in [0.717, 1.165) is 6.07 Å². The van der Waals surface area contributed by atoms with Crippen LogP contribution in [0.1, 0.15) is 19.3 Å². The molecule has 50 heavy (non-hydrogen) atoms. The first-order valence-electron chi connectivity index (χ1n) is 16.2. The fraction of sp³-hybridized carbons (Fsp3) is 0.343. The molecule has 2 N–H and O–H groups in total. The van der Waals surface area contributed by atoms with Crippen LogP contribution < -0.4 is 29.6 Å². The Labute approximate surface area is 286 Å². The van der Waals surface area contributed by atoms with Gasteiger partial charge in [0.05, 0.1) is 29.0 Å². The van der Waals surface area contributed by atoms with E-state index in [9.17, 15) is 22.4 Å². The van der Waals surface area contributed by atoms with E-state index >= 15 is 4.39 Å². The van der Waals surface area contributed by atoms with E-state index in [1.54, 1.807) is 12.1 Å². The van der Waals surface area contributed by atoms with Crippen LogP contribution in [0.5, 0.6) is 28.7 Å². The summed E-state index contributed by atoms with van der Waals surface area (Å²) in [6.07, 6.45) is 2.82. The Balaban J connectivity index is 1.03. The Kier molecular flexibility index (Phi) is 9.18. The van der Waals surface area contributed by atoms with Crippen molar-refractivity contribution in [2.75, 3.05) is 61.6 Å². The van der Waals surface area contributed by atoms with Gasteiger partial charge in [-0.15, -0.1) is 0 Å². The number of pyridine rings is 1. The molecule has 1 saturated carbocycles. The number of hydrogen-bond donors (Lipinski definition) is 2. The van der Waals surface area contributed by atoms with Gasteiger partial charge >= 0.3 is 0 Å². The second-order valence-corrected chi connectivity index (χ2v) is 14.7. The Hall–Kier alpha value is -5.02. The number of carbonyl (C=O) groups excluding carboxylic acids is 2. The largest absolute Gasteiger partial charge is 0.489 e. The third kappa shape index (κ3) is 7.14. The molecule has 1 aromatic heterocycles. The summed E-state index contributed by atoms with van der Waals surface area (Å²) in [5.41, 5.74) is -0.333. The fourth-order valence-electron chi connectivity index (χ4n) is 5.91. The standard InChI is InChI=1S/C35H34F2N4O8S/c36-22-2-4-23(5-3-22)39-33(42)35(9-10-35)34(43)40-24-6-7-27(25(37)20-24)49-28-8-11-38-26-21-29(31-32(30(26)28)48-17-16-47-31)46-15-1-12-41-13-18-50(44,45)19-14-41/h2-8,11,20-21H,1,9-10,12-19H2,(H,39,42)(H,40,43). The van der Waals surface area contributed by atoms with Crippen LogP contribution in [-0.2, 0) is 19.4 Å². The molecular weight excluding hydrogens is 674 g/mol. The van der Waals surface area contributed by atoms with E-state index in [2.05, 4.69) is 20.5 Å². The zero-order chi connectivity index (χ0) is 34.9. The Morgan fingerprint density at radius 3 is 2.24 bits per heavy atom. The van der Waals surface area contributed by atoms with Crippen molar-refractivity contribution in [2.24, 2.45) is 5.41 Å². The maximum atomic E-state index is 15.4. The highest BCUT2D eigenvalue weighted by molar-refractivity contribution is 7.91. The third-order valence-corrected chi connectivity index (χ3v) is 10.5. The Bertz CT molecular complexity index is 2040. The van der Waals surface area contributed by atoms with E-state index in [-0.39, 0.29) is 35.3 Å². The molecule has 1 aliphatic carbocycles. The van der Waals surface area contributed by atoms with E-state index in [4.69, 9.17) is 18.9 Å². The summed E-state index contributed by atoms with van der Waals surface area (Å²) in [5.74, 6) is -0.674. The summed E-state index contributed by atoms with van der Waals surface area (Å²) in [4.78, 5) is 32.6. The molecule has 0 unspecified atom stereocenters. The Morgan fingerprint density at radius 2 is 1.54 bits per heavy atom. The molecule has 3 aromatic carbocycles. The minimum atomic E-state index is -2.94. The molecule has 1 saturated heterocycles. The predicted octanol–water partition coefficient (Wildman–Crippen LogP) is 4.93. The quantitative estimate of drug-likeness (QED) is 0.163. The van der Waals surface area contributed by atoms with Crippen molar-refractivity contribution in [3.63, 3.8) is 0 Å². The van der Waals surface area contributed by atoms with Gasteiger partial charge in [0.1, 0.15) is 30.2 Å². The van der Waals surface area contributed by atoms with Crippen LogP contribution in [0.4, 0.5) is 20.2 Å². The predicted molar refractivity (Wildman–Crippen MR) is 180 cm³/mol. The van der Waals surface area contributed by atoms with Gasteiger partial charge in [0.25, 0.3) is 0 Å². The number of sulfone groups is 1. The van der Waals surface area contributed by atoms with Crippen LogP contribution in [0.15, 0.2) is 60.8 Å². The molecular formula is C35H34F2N4O8S. The van der Waals surface area contributed by atoms with Crippen LogP contribution in [-0.4, -0.2) is 81.1 Å². The number of halogens is 2. The summed E-state index contributed by atoms with van der Waals surface area (Å²) in [5, 5.41) is 5.73. The first-order valence-corrected chi connectivity index (χ1v) is 18.1. The first-order chi connectivity index (χ1) is 24.1. The van der Waals surface area contributed by atoms with E-state index in [1.807, 2.05) is 0 Å². The highest BCUT2D eigenvalue weighted by atomic mass is 32.2. The van der Waals surface area contributed by atoms with Crippen LogP contribution in [0.3, 0.4) is 0 Å². The van der Waals surface area contributed by atoms with Gasteiger partial charge in [-0.25, -0.2) is 17.2 Å². The summed E-state index contributed by atoms with van der Waals surface area (Å²) < 4.78 is 76.1. The van der Waals surface area contributed by atoms with Crippen molar-refractivity contribution in [3.8, 4) is 28.7 Å². The summed E-state index contributed by atoms with van der Waals surface area (Å²) in [6, 6.07) is 12.4. The number of carbonyl (C=O) groups is 2. The summed E-state index contributed by atoms with van der Waals surface area (Å²) >= 11 is 0. The molecule has 7 rings (SSSR count). The lowest BCUT2D eigenvalue weighted by Gasteiger charge is -2.26. The van der Waals surface area contributed by atoms with Crippen molar-refractivity contribution < 1.29 is 45.7 Å². The van der Waals surface area contributed by atoms with E-state index in [0.29, 0.717) is 85.9 Å². The zero-order valence-corrected chi connectivity index (χ0v) is 27.7. The average Bonchev–Trinajstić information content (AvgIpc) is 3.92. The van der Waals surface area contributed by atoms with Gasteiger partial charge in [-0.2, -0.15) is 0 Å². The van der Waals surface area contributed by atoms with E-state index < -0.39 is 38.7 Å². The number of anilines is 2. The second-order valence-electron chi connectivity index (χ2n) is 12.4. The van der Waals surface area contributed by atoms with Crippen LogP contribution in [0, 0.1) is 17.0 Å². The molecule has 0 atom stereocenters. The van der Waals surface area contributed by atoms with Crippen molar-refractivity contribution in [1.82, 2.24) is 9.88 Å². The van der Waals surface area contributed by atoms with Gasteiger partial charge in [0.2, 0.25) is 17.6 Å².